The molecule has 5 nitrogen and oxygen atoms in total. The van der Waals surface area contributed by atoms with E-state index in [4.69, 9.17) is 5.73 Å². The zero-order valence-electron chi connectivity index (χ0n) is 11.5. The number of carbonyl (C=O) groups excluding carboxylic acids is 2. The molecule has 1 saturated heterocycles. The van der Waals surface area contributed by atoms with Crippen molar-refractivity contribution in [3.63, 3.8) is 0 Å². The maximum atomic E-state index is 12.4. The van der Waals surface area contributed by atoms with Crippen LogP contribution in [-0.2, 0) is 4.79 Å². The summed E-state index contributed by atoms with van der Waals surface area (Å²) in [5.41, 5.74) is 5.33. The van der Waals surface area contributed by atoms with Gasteiger partial charge in [-0.05, 0) is 18.3 Å². The molecule has 1 aliphatic heterocycles. The first-order chi connectivity index (χ1) is 8.26. The molecule has 3 amide bonds. The molecule has 1 saturated carbocycles. The maximum Gasteiger partial charge on any atom is 0.325 e. The first kappa shape index (κ1) is 13.3. The van der Waals surface area contributed by atoms with Crippen molar-refractivity contribution in [3.8, 4) is 0 Å². The van der Waals surface area contributed by atoms with E-state index in [1.807, 2.05) is 20.8 Å². The van der Waals surface area contributed by atoms with Crippen molar-refractivity contribution in [2.75, 3.05) is 6.54 Å². The molecule has 0 radical (unpaired) electrons. The van der Waals surface area contributed by atoms with Gasteiger partial charge in [0, 0.05) is 12.6 Å². The summed E-state index contributed by atoms with van der Waals surface area (Å²) in [5, 5.41) is 2.87. The average molecular weight is 253 g/mol. The van der Waals surface area contributed by atoms with Crippen LogP contribution in [-0.4, -0.2) is 35.0 Å². The summed E-state index contributed by atoms with van der Waals surface area (Å²) in [6, 6.07) is -0.481. The number of hydrogen-bond acceptors (Lipinski definition) is 3. The highest BCUT2D eigenvalue weighted by Crippen LogP contribution is 2.35. The zero-order valence-corrected chi connectivity index (χ0v) is 11.5. The van der Waals surface area contributed by atoms with Crippen LogP contribution in [0.25, 0.3) is 0 Å². The third-order valence-corrected chi connectivity index (χ3v) is 4.19. The highest BCUT2D eigenvalue weighted by atomic mass is 16.2. The van der Waals surface area contributed by atoms with E-state index in [2.05, 4.69) is 5.32 Å². The Bertz CT molecular complexity index is 367. The molecule has 5 heteroatoms. The van der Waals surface area contributed by atoms with Crippen LogP contribution in [0.1, 0.15) is 46.5 Å². The van der Waals surface area contributed by atoms with Crippen molar-refractivity contribution in [1.29, 1.82) is 0 Å². The highest BCUT2D eigenvalue weighted by Gasteiger charge is 2.52. The summed E-state index contributed by atoms with van der Waals surface area (Å²) < 4.78 is 0. The molecule has 102 valence electrons. The number of nitrogens with two attached hydrogens (primary N) is 1. The minimum absolute atomic E-state index is 0.0790. The molecule has 1 unspecified atom stereocenters. The quantitative estimate of drug-likeness (QED) is 0.727. The van der Waals surface area contributed by atoms with Gasteiger partial charge in [-0.3, -0.25) is 9.69 Å². The fraction of sp³-hybridized carbons (Fsp3) is 0.846. The van der Waals surface area contributed by atoms with E-state index in [1.54, 1.807) is 0 Å². The maximum absolute atomic E-state index is 12.4. The molecular weight excluding hydrogens is 230 g/mol. The molecular formula is C13H23N3O2. The minimum Gasteiger partial charge on any atom is -0.326 e. The Kier molecular flexibility index (Phi) is 3.13. The summed E-state index contributed by atoms with van der Waals surface area (Å²) in [6.07, 6.45) is 3.54. The number of amides is 3. The lowest BCUT2D eigenvalue weighted by Crippen LogP contribution is -2.49. The number of nitrogens with zero attached hydrogens (tertiary/aromatic N) is 1. The number of urea groups is 1. The van der Waals surface area contributed by atoms with E-state index < -0.39 is 5.54 Å². The number of hydrogen-bond donors (Lipinski definition) is 2. The summed E-state index contributed by atoms with van der Waals surface area (Å²) in [5.74, 6) is -0.0790. The van der Waals surface area contributed by atoms with Crippen LogP contribution in [0.5, 0.6) is 0 Å². The van der Waals surface area contributed by atoms with Gasteiger partial charge in [0.15, 0.2) is 0 Å². The van der Waals surface area contributed by atoms with Gasteiger partial charge in [0.05, 0.1) is 0 Å². The van der Waals surface area contributed by atoms with Gasteiger partial charge in [-0.15, -0.1) is 0 Å². The molecule has 2 fully saturated rings. The molecule has 3 N–H and O–H groups in total. The normalized spacial score (nSPS) is 24.8. The molecule has 1 spiro atoms. The van der Waals surface area contributed by atoms with Crippen molar-refractivity contribution in [2.45, 2.75) is 58.0 Å². The second kappa shape index (κ2) is 4.23. The van der Waals surface area contributed by atoms with E-state index in [1.165, 1.54) is 4.90 Å². The molecule has 0 aromatic heterocycles. The number of rotatable bonds is 2. The fourth-order valence-electron chi connectivity index (χ4n) is 2.63. The molecule has 2 rings (SSSR count). The Labute approximate surface area is 108 Å². The first-order valence-corrected chi connectivity index (χ1v) is 6.66. The van der Waals surface area contributed by atoms with Crippen LogP contribution < -0.4 is 11.1 Å². The van der Waals surface area contributed by atoms with Crippen molar-refractivity contribution in [2.24, 2.45) is 11.1 Å². The molecule has 0 aromatic rings. The topological polar surface area (TPSA) is 75.4 Å². The second-order valence-electron chi connectivity index (χ2n) is 6.61. The molecule has 1 aliphatic carbocycles. The van der Waals surface area contributed by atoms with Gasteiger partial charge in [-0.25, -0.2) is 4.79 Å². The van der Waals surface area contributed by atoms with E-state index in [0.717, 1.165) is 25.7 Å². The Morgan fingerprint density at radius 2 is 1.89 bits per heavy atom. The molecule has 0 aromatic carbocycles. The van der Waals surface area contributed by atoms with Gasteiger partial charge in [0.1, 0.15) is 5.54 Å². The lowest BCUT2D eigenvalue weighted by atomic mass is 9.87. The summed E-state index contributed by atoms with van der Waals surface area (Å²) in [6.45, 7) is 6.35. The average Bonchev–Trinajstić information content (AvgIpc) is 2.79. The van der Waals surface area contributed by atoms with E-state index in [9.17, 15) is 9.59 Å². The van der Waals surface area contributed by atoms with Crippen molar-refractivity contribution >= 4 is 11.9 Å². The van der Waals surface area contributed by atoms with Gasteiger partial charge in [-0.2, -0.15) is 0 Å². The Morgan fingerprint density at radius 1 is 1.33 bits per heavy atom. The second-order valence-corrected chi connectivity index (χ2v) is 6.61. The zero-order chi connectivity index (χ0) is 13.6. The molecule has 18 heavy (non-hydrogen) atoms. The molecule has 1 heterocycles. The SMILES string of the molecule is CC(C)(C)C(N)CN1C(=O)NC2(CCCC2)C1=O. The molecule has 0 bridgehead atoms. The third-order valence-electron chi connectivity index (χ3n) is 4.19. The van der Waals surface area contributed by atoms with Crippen molar-refractivity contribution in [1.82, 2.24) is 10.2 Å². The first-order valence-electron chi connectivity index (χ1n) is 6.66. The minimum atomic E-state index is -0.616. The smallest absolute Gasteiger partial charge is 0.325 e. The van der Waals surface area contributed by atoms with E-state index in [0.29, 0.717) is 6.54 Å². The predicted octanol–water partition coefficient (Wildman–Crippen LogP) is 1.22. The fourth-order valence-corrected chi connectivity index (χ4v) is 2.63. The van der Waals surface area contributed by atoms with Crippen LogP contribution in [0.3, 0.4) is 0 Å². The number of carbonyl (C=O) groups is 2. The van der Waals surface area contributed by atoms with Gasteiger partial charge in [0.2, 0.25) is 0 Å². The molecule has 1 atom stereocenters. The van der Waals surface area contributed by atoms with Crippen LogP contribution in [0.4, 0.5) is 4.79 Å². The van der Waals surface area contributed by atoms with Gasteiger partial charge < -0.3 is 11.1 Å². The van der Waals surface area contributed by atoms with Crippen molar-refractivity contribution in [3.05, 3.63) is 0 Å². The van der Waals surface area contributed by atoms with Gasteiger partial charge in [0.25, 0.3) is 5.91 Å². The molecule has 2 aliphatic rings. The van der Waals surface area contributed by atoms with Crippen LogP contribution >= 0.6 is 0 Å². The van der Waals surface area contributed by atoms with Crippen LogP contribution in [0.2, 0.25) is 0 Å². The van der Waals surface area contributed by atoms with E-state index >= 15 is 0 Å². The lowest BCUT2D eigenvalue weighted by molar-refractivity contribution is -0.131. The summed E-state index contributed by atoms with van der Waals surface area (Å²) in [4.78, 5) is 25.6. The Hall–Kier alpha value is -1.10. The largest absolute Gasteiger partial charge is 0.326 e. The number of imide groups is 1. The number of nitrogens with one attached hydrogen (secondary N) is 1. The van der Waals surface area contributed by atoms with Crippen molar-refractivity contribution < 1.29 is 9.59 Å². The Balaban J connectivity index is 2.10. The lowest BCUT2D eigenvalue weighted by Gasteiger charge is -2.30. The predicted molar refractivity (Wildman–Crippen MR) is 68.9 cm³/mol. The Morgan fingerprint density at radius 3 is 2.39 bits per heavy atom. The van der Waals surface area contributed by atoms with Crippen LogP contribution in [0, 0.1) is 5.41 Å². The van der Waals surface area contributed by atoms with E-state index in [-0.39, 0.29) is 23.4 Å². The van der Waals surface area contributed by atoms with Gasteiger partial charge in [-0.1, -0.05) is 33.6 Å². The third kappa shape index (κ3) is 2.11. The monoisotopic (exact) mass is 253 g/mol. The standard InChI is InChI=1S/C13H23N3O2/c1-12(2,3)9(14)8-16-10(17)13(15-11(16)18)6-4-5-7-13/h9H,4-8,14H2,1-3H3,(H,15,18). The van der Waals surface area contributed by atoms with Gasteiger partial charge >= 0.3 is 6.03 Å². The summed E-state index contributed by atoms with van der Waals surface area (Å²) in [7, 11) is 0. The summed E-state index contributed by atoms with van der Waals surface area (Å²) >= 11 is 0. The van der Waals surface area contributed by atoms with Crippen LogP contribution in [0.15, 0.2) is 0 Å². The highest BCUT2D eigenvalue weighted by molar-refractivity contribution is 6.07.